The van der Waals surface area contributed by atoms with Crippen LogP contribution < -0.4 is 5.32 Å². The highest BCUT2D eigenvalue weighted by atomic mass is 35.5. The lowest BCUT2D eigenvalue weighted by Crippen LogP contribution is -2.44. The van der Waals surface area contributed by atoms with Gasteiger partial charge in [-0.05, 0) is 37.0 Å². The number of pyridine rings is 1. The molecule has 1 N–H and O–H groups in total. The number of hydrogen-bond donors (Lipinski definition) is 1. The number of aromatic nitrogens is 1. The van der Waals surface area contributed by atoms with Crippen molar-refractivity contribution in [3.05, 3.63) is 57.6 Å². The second-order valence-corrected chi connectivity index (χ2v) is 7.30. The van der Waals surface area contributed by atoms with E-state index < -0.39 is 58.1 Å². The van der Waals surface area contributed by atoms with Gasteiger partial charge >= 0.3 is 12.2 Å². The van der Waals surface area contributed by atoms with Gasteiger partial charge in [0.15, 0.2) is 5.82 Å². The summed E-state index contributed by atoms with van der Waals surface area (Å²) in [4.78, 5) is 17.4. The molecule has 1 saturated heterocycles. The molecule has 0 radical (unpaired) electrons. The average molecular weight is 436 g/mol. The number of amides is 2. The maximum atomic E-state index is 14.1. The van der Waals surface area contributed by atoms with E-state index in [4.69, 9.17) is 11.6 Å². The van der Waals surface area contributed by atoms with Gasteiger partial charge in [0.2, 0.25) is 5.95 Å². The third-order valence-electron chi connectivity index (χ3n) is 5.25. The fourth-order valence-electron chi connectivity index (χ4n) is 3.98. The monoisotopic (exact) mass is 435 g/mol. The molecule has 11 heteroatoms. The number of fused-ring (bicyclic) bond motifs is 4. The van der Waals surface area contributed by atoms with Crippen LogP contribution in [0.4, 0.5) is 36.8 Å². The molecule has 1 fully saturated rings. The maximum Gasteiger partial charge on any atom is 0.417 e. The molecule has 0 spiro atoms. The Morgan fingerprint density at radius 2 is 1.93 bits per heavy atom. The number of nitrogens with zero attached hydrogens (tertiary/aromatic N) is 2. The summed E-state index contributed by atoms with van der Waals surface area (Å²) in [5, 5.41) is 1.47. The highest BCUT2D eigenvalue weighted by Crippen LogP contribution is 2.45. The highest BCUT2D eigenvalue weighted by Gasteiger charge is 2.44. The lowest BCUT2D eigenvalue weighted by molar-refractivity contribution is -0.137. The second-order valence-electron chi connectivity index (χ2n) is 6.90. The van der Waals surface area contributed by atoms with E-state index in [1.807, 2.05) is 0 Å². The van der Waals surface area contributed by atoms with E-state index in [1.165, 1.54) is 4.90 Å². The van der Waals surface area contributed by atoms with Crippen molar-refractivity contribution in [1.82, 2.24) is 9.88 Å². The van der Waals surface area contributed by atoms with Crippen LogP contribution in [0.25, 0.3) is 0 Å². The molecule has 1 aromatic heterocycles. The Kier molecular flexibility index (Phi) is 4.64. The summed E-state index contributed by atoms with van der Waals surface area (Å²) in [5.74, 6) is -3.57. The number of benzene rings is 1. The normalized spacial score (nSPS) is 20.6. The lowest BCUT2D eigenvalue weighted by atomic mass is 9.95. The van der Waals surface area contributed by atoms with Crippen LogP contribution in [0.2, 0.25) is 5.02 Å². The number of urea groups is 1. The van der Waals surface area contributed by atoms with Gasteiger partial charge in [0.25, 0.3) is 0 Å². The van der Waals surface area contributed by atoms with Crippen molar-refractivity contribution in [3.63, 3.8) is 0 Å². The van der Waals surface area contributed by atoms with Crippen LogP contribution in [-0.2, 0) is 12.6 Å². The first-order chi connectivity index (χ1) is 13.6. The molecule has 29 heavy (non-hydrogen) atoms. The number of nitrogens with one attached hydrogen (secondary N) is 1. The molecule has 2 aliphatic heterocycles. The molecule has 0 aliphatic carbocycles. The Morgan fingerprint density at radius 1 is 1.21 bits per heavy atom. The zero-order valence-corrected chi connectivity index (χ0v) is 15.2. The first-order valence-electron chi connectivity index (χ1n) is 8.56. The minimum atomic E-state index is -4.84. The Balaban J connectivity index is 1.62. The molecule has 4 rings (SSSR count). The molecule has 2 amide bonds. The van der Waals surface area contributed by atoms with Gasteiger partial charge in [0.05, 0.1) is 22.3 Å². The largest absolute Gasteiger partial charge is 0.417 e. The van der Waals surface area contributed by atoms with Crippen LogP contribution in [0.1, 0.15) is 35.6 Å². The molecule has 0 saturated carbocycles. The first kappa shape index (κ1) is 19.8. The molecule has 3 heterocycles. The van der Waals surface area contributed by atoms with E-state index in [-0.39, 0.29) is 18.1 Å². The molecule has 2 aliphatic rings. The summed E-state index contributed by atoms with van der Waals surface area (Å²) in [5.41, 5.74) is -1.36. The van der Waals surface area contributed by atoms with E-state index in [0.29, 0.717) is 24.5 Å². The average Bonchev–Trinajstić information content (AvgIpc) is 2.95. The Morgan fingerprint density at radius 3 is 2.62 bits per heavy atom. The van der Waals surface area contributed by atoms with Crippen LogP contribution in [0.5, 0.6) is 0 Å². The molecule has 2 aromatic rings. The standard InChI is InChI=1S/C18H12ClF6N3O/c19-11-5-13(12(20)4-10(11)18(23,24)25)27-17(29)28-7-1-2-14(28)9-6-26-16(22)15(21)8(9)3-7/h4-7,14H,1-3H2,(H,27,29)/t7-,14+/m1/s1. The molecular formula is C18H12ClF6N3O. The van der Waals surface area contributed by atoms with Gasteiger partial charge in [-0.15, -0.1) is 0 Å². The van der Waals surface area contributed by atoms with Gasteiger partial charge in [0, 0.05) is 17.8 Å². The number of alkyl halides is 3. The summed E-state index contributed by atoms with van der Waals surface area (Å²) >= 11 is 5.59. The topological polar surface area (TPSA) is 45.2 Å². The zero-order chi connectivity index (χ0) is 21.1. The van der Waals surface area contributed by atoms with Gasteiger partial charge in [0.1, 0.15) is 5.82 Å². The van der Waals surface area contributed by atoms with Crippen molar-refractivity contribution < 1.29 is 31.1 Å². The number of carbonyl (C=O) groups is 1. The molecule has 1 aromatic carbocycles. The lowest BCUT2D eigenvalue weighted by Gasteiger charge is -2.36. The van der Waals surface area contributed by atoms with E-state index in [9.17, 15) is 31.1 Å². The fourth-order valence-corrected chi connectivity index (χ4v) is 4.25. The predicted octanol–water partition coefficient (Wildman–Crippen LogP) is 5.46. The molecule has 4 nitrogen and oxygen atoms in total. The summed E-state index contributed by atoms with van der Waals surface area (Å²) in [7, 11) is 0. The van der Waals surface area contributed by atoms with E-state index in [1.54, 1.807) is 0 Å². The third-order valence-corrected chi connectivity index (χ3v) is 5.56. The number of hydrogen-bond acceptors (Lipinski definition) is 2. The van der Waals surface area contributed by atoms with Crippen molar-refractivity contribution in [2.24, 2.45) is 0 Å². The van der Waals surface area contributed by atoms with Gasteiger partial charge in [-0.3, -0.25) is 0 Å². The minimum absolute atomic E-state index is 0.0563. The van der Waals surface area contributed by atoms with Crippen molar-refractivity contribution in [2.75, 3.05) is 5.32 Å². The molecular weight excluding hydrogens is 424 g/mol. The van der Waals surface area contributed by atoms with E-state index in [0.717, 1.165) is 6.20 Å². The number of carbonyl (C=O) groups excluding carboxylic acids is 1. The predicted molar refractivity (Wildman–Crippen MR) is 90.9 cm³/mol. The minimum Gasteiger partial charge on any atom is -0.314 e. The molecule has 2 atom stereocenters. The van der Waals surface area contributed by atoms with E-state index in [2.05, 4.69) is 10.3 Å². The van der Waals surface area contributed by atoms with Crippen LogP contribution in [0.15, 0.2) is 18.3 Å². The number of rotatable bonds is 1. The molecule has 2 bridgehead atoms. The molecule has 154 valence electrons. The van der Waals surface area contributed by atoms with Gasteiger partial charge in [-0.25, -0.2) is 18.6 Å². The quantitative estimate of drug-likeness (QED) is 0.477. The van der Waals surface area contributed by atoms with E-state index >= 15 is 0 Å². The second kappa shape index (κ2) is 6.79. The number of anilines is 1. The van der Waals surface area contributed by atoms with Crippen molar-refractivity contribution in [2.45, 2.75) is 37.5 Å². The molecule has 0 unspecified atom stereocenters. The van der Waals surface area contributed by atoms with Crippen LogP contribution in [-0.4, -0.2) is 22.0 Å². The SMILES string of the molecule is O=C(Nc1cc(Cl)c(C(F)(F)F)cc1F)N1[C@@H]2CC[C@H]1c1cnc(F)c(F)c1C2. The highest BCUT2D eigenvalue weighted by molar-refractivity contribution is 6.31. The van der Waals surface area contributed by atoms with Gasteiger partial charge in [-0.2, -0.15) is 17.6 Å². The van der Waals surface area contributed by atoms with Gasteiger partial charge < -0.3 is 10.2 Å². The maximum absolute atomic E-state index is 14.1. The first-order valence-corrected chi connectivity index (χ1v) is 8.94. The Bertz CT molecular complexity index is 1010. The smallest absolute Gasteiger partial charge is 0.314 e. The number of halogens is 7. The summed E-state index contributed by atoms with van der Waals surface area (Å²) < 4.78 is 80.1. The summed E-state index contributed by atoms with van der Waals surface area (Å²) in [6, 6.07) is -0.938. The summed E-state index contributed by atoms with van der Waals surface area (Å²) in [6.45, 7) is 0. The Hall–Kier alpha value is -2.49. The van der Waals surface area contributed by atoms with Gasteiger partial charge in [-0.1, -0.05) is 11.6 Å². The summed E-state index contributed by atoms with van der Waals surface area (Å²) in [6.07, 6.45) is -2.66. The fraction of sp³-hybridized carbons (Fsp3) is 0.333. The van der Waals surface area contributed by atoms with Crippen LogP contribution in [0.3, 0.4) is 0 Å². The van der Waals surface area contributed by atoms with Crippen molar-refractivity contribution >= 4 is 23.3 Å². The zero-order valence-electron chi connectivity index (χ0n) is 14.5. The van der Waals surface area contributed by atoms with Crippen LogP contribution in [0, 0.1) is 17.6 Å². The Labute approximate surface area is 165 Å². The van der Waals surface area contributed by atoms with Crippen molar-refractivity contribution in [1.29, 1.82) is 0 Å². The third kappa shape index (κ3) is 3.29. The van der Waals surface area contributed by atoms with Crippen molar-refractivity contribution in [3.8, 4) is 0 Å². The van der Waals surface area contributed by atoms with Crippen LogP contribution >= 0.6 is 11.6 Å².